The molecular weight excluding hydrogens is 364 g/mol. The summed E-state index contributed by atoms with van der Waals surface area (Å²) in [5, 5.41) is 9.44. The molecule has 1 atom stereocenters. The highest BCUT2D eigenvalue weighted by molar-refractivity contribution is 5.88. The molecule has 0 saturated carbocycles. The molecule has 2 heterocycles. The van der Waals surface area contributed by atoms with Gasteiger partial charge in [0.15, 0.2) is 5.82 Å². The van der Waals surface area contributed by atoms with Crippen molar-refractivity contribution in [2.45, 2.75) is 31.8 Å². The van der Waals surface area contributed by atoms with Crippen molar-refractivity contribution in [2.24, 2.45) is 5.73 Å². The van der Waals surface area contributed by atoms with Crippen LogP contribution in [-0.4, -0.2) is 44.6 Å². The van der Waals surface area contributed by atoms with Crippen LogP contribution in [0, 0.1) is 11.3 Å². The van der Waals surface area contributed by atoms with E-state index in [1.54, 1.807) is 13.2 Å². The molecule has 0 bridgehead atoms. The lowest BCUT2D eigenvalue weighted by Gasteiger charge is -2.33. The maximum atomic E-state index is 11.5. The van der Waals surface area contributed by atoms with Crippen LogP contribution in [0.2, 0.25) is 0 Å². The summed E-state index contributed by atoms with van der Waals surface area (Å²) in [5.41, 5.74) is 9.75. The average molecular weight is 393 g/mol. The van der Waals surface area contributed by atoms with Gasteiger partial charge < -0.3 is 20.4 Å². The lowest BCUT2D eigenvalue weighted by Crippen LogP contribution is -2.37. The summed E-state index contributed by atoms with van der Waals surface area (Å²) in [6.45, 7) is 2.21. The van der Waals surface area contributed by atoms with Crippen LogP contribution in [0.1, 0.15) is 30.4 Å². The highest BCUT2D eigenvalue weighted by Gasteiger charge is 2.24. The van der Waals surface area contributed by atoms with E-state index in [0.29, 0.717) is 17.9 Å². The Morgan fingerprint density at radius 2 is 2.10 bits per heavy atom. The number of hydrogen-bond donors (Lipinski definition) is 1. The molecule has 0 radical (unpaired) electrons. The molecule has 2 N–H and O–H groups in total. The second kappa shape index (κ2) is 9.39. The number of nitrogens with two attached hydrogens (primary N) is 1. The van der Waals surface area contributed by atoms with Gasteiger partial charge in [0.2, 0.25) is 6.41 Å². The van der Waals surface area contributed by atoms with Gasteiger partial charge in [-0.05, 0) is 30.5 Å². The summed E-state index contributed by atoms with van der Waals surface area (Å²) in [4.78, 5) is 21.9. The fraction of sp³-hybridized carbons (Fsp3) is 0.409. The lowest BCUT2D eigenvalue weighted by molar-refractivity contribution is -0.107. The third-order valence-electron chi connectivity index (χ3n) is 5.35. The molecule has 29 heavy (non-hydrogen) atoms. The minimum absolute atomic E-state index is 0.121. The molecular formula is C22H28N6O. The van der Waals surface area contributed by atoms with Gasteiger partial charge in [0.05, 0.1) is 17.3 Å². The standard InChI is InChI=1S/C22H28N6O/c1-26(14-18-8-4-3-7-17(18)13-23)21-20(10-11-25-22(21)27(2)16-29)28-12-6-5-9-19(24)15-28/h3-4,7-8,10-11,16,19H,5-6,9,12,14-15,24H2,1-2H3. The average Bonchev–Trinajstić information content (AvgIpc) is 2.97. The fourth-order valence-corrected chi connectivity index (χ4v) is 3.86. The first-order chi connectivity index (χ1) is 14.0. The molecule has 1 amide bonds. The van der Waals surface area contributed by atoms with Crippen LogP contribution in [-0.2, 0) is 11.3 Å². The molecule has 1 aromatic heterocycles. The first kappa shape index (κ1) is 20.6. The van der Waals surface area contributed by atoms with Gasteiger partial charge in [-0.25, -0.2) is 4.98 Å². The van der Waals surface area contributed by atoms with Gasteiger partial charge in [-0.1, -0.05) is 24.6 Å². The zero-order valence-electron chi connectivity index (χ0n) is 17.1. The number of hydrogen-bond acceptors (Lipinski definition) is 6. The predicted molar refractivity (Wildman–Crippen MR) is 116 cm³/mol. The van der Waals surface area contributed by atoms with Crippen molar-refractivity contribution in [3.8, 4) is 6.07 Å². The Kier molecular flexibility index (Phi) is 6.68. The molecule has 0 spiro atoms. The maximum Gasteiger partial charge on any atom is 0.215 e. The van der Waals surface area contributed by atoms with Gasteiger partial charge in [-0.3, -0.25) is 4.79 Å². The molecule has 1 fully saturated rings. The number of rotatable bonds is 6. The molecule has 1 unspecified atom stereocenters. The number of nitrogens with zero attached hydrogens (tertiary/aromatic N) is 5. The first-order valence-electron chi connectivity index (χ1n) is 9.92. The van der Waals surface area contributed by atoms with Crippen LogP contribution in [0.25, 0.3) is 0 Å². The number of pyridine rings is 1. The molecule has 7 nitrogen and oxygen atoms in total. The van der Waals surface area contributed by atoms with Crippen molar-refractivity contribution in [3.05, 3.63) is 47.7 Å². The number of carbonyl (C=O) groups excluding carboxylic acids is 1. The van der Waals surface area contributed by atoms with Gasteiger partial charge in [0, 0.05) is 46.0 Å². The van der Waals surface area contributed by atoms with Gasteiger partial charge >= 0.3 is 0 Å². The smallest absolute Gasteiger partial charge is 0.215 e. The highest BCUT2D eigenvalue weighted by Crippen LogP contribution is 2.37. The Morgan fingerprint density at radius 1 is 1.31 bits per heavy atom. The van der Waals surface area contributed by atoms with E-state index in [1.165, 1.54) is 4.90 Å². The molecule has 1 aliphatic heterocycles. The van der Waals surface area contributed by atoms with E-state index < -0.39 is 0 Å². The van der Waals surface area contributed by atoms with Crippen molar-refractivity contribution in [1.82, 2.24) is 4.98 Å². The number of benzene rings is 1. The van der Waals surface area contributed by atoms with Crippen molar-refractivity contribution in [3.63, 3.8) is 0 Å². The Labute approximate surface area is 172 Å². The van der Waals surface area contributed by atoms with E-state index in [0.717, 1.165) is 55.7 Å². The zero-order valence-corrected chi connectivity index (χ0v) is 17.1. The summed E-state index contributed by atoms with van der Waals surface area (Å²) in [7, 11) is 3.67. The Hall–Kier alpha value is -3.11. The lowest BCUT2D eigenvalue weighted by atomic mass is 10.1. The number of anilines is 3. The van der Waals surface area contributed by atoms with E-state index in [4.69, 9.17) is 5.73 Å². The van der Waals surface area contributed by atoms with Gasteiger partial charge in [0.1, 0.15) is 5.69 Å². The monoisotopic (exact) mass is 392 g/mol. The molecule has 1 aliphatic rings. The van der Waals surface area contributed by atoms with Crippen molar-refractivity contribution < 1.29 is 4.79 Å². The molecule has 7 heteroatoms. The van der Waals surface area contributed by atoms with Crippen molar-refractivity contribution >= 4 is 23.6 Å². The van der Waals surface area contributed by atoms with Crippen LogP contribution in [0.5, 0.6) is 0 Å². The van der Waals surface area contributed by atoms with E-state index in [1.807, 2.05) is 37.4 Å². The third-order valence-corrected chi connectivity index (χ3v) is 5.35. The number of amides is 1. The number of carbonyl (C=O) groups is 1. The minimum Gasteiger partial charge on any atom is -0.368 e. The SMILES string of the molecule is CN(C=O)c1nccc(N2CCCCC(N)C2)c1N(C)Cc1ccccc1C#N. The van der Waals surface area contributed by atoms with E-state index in [2.05, 4.69) is 20.9 Å². The number of aromatic nitrogens is 1. The van der Waals surface area contributed by atoms with Gasteiger partial charge in [-0.15, -0.1) is 0 Å². The molecule has 3 rings (SSSR count). The number of nitriles is 1. The Morgan fingerprint density at radius 3 is 2.86 bits per heavy atom. The molecule has 1 saturated heterocycles. The summed E-state index contributed by atoms with van der Waals surface area (Å²) in [6.07, 6.45) is 5.71. The fourth-order valence-electron chi connectivity index (χ4n) is 3.86. The van der Waals surface area contributed by atoms with Gasteiger partial charge in [0.25, 0.3) is 0 Å². The summed E-state index contributed by atoms with van der Waals surface area (Å²) in [6, 6.07) is 11.9. The molecule has 1 aromatic carbocycles. The van der Waals surface area contributed by atoms with Crippen molar-refractivity contribution in [2.75, 3.05) is 41.9 Å². The van der Waals surface area contributed by atoms with Crippen LogP contribution >= 0.6 is 0 Å². The topological polar surface area (TPSA) is 89.5 Å². The molecule has 2 aromatic rings. The molecule has 0 aliphatic carbocycles. The zero-order chi connectivity index (χ0) is 20.8. The third kappa shape index (κ3) is 4.66. The Balaban J connectivity index is 2.04. The van der Waals surface area contributed by atoms with Crippen LogP contribution in [0.3, 0.4) is 0 Å². The largest absolute Gasteiger partial charge is 0.368 e. The van der Waals surface area contributed by atoms with Gasteiger partial charge in [-0.2, -0.15) is 5.26 Å². The molecule has 152 valence electrons. The maximum absolute atomic E-state index is 11.5. The Bertz CT molecular complexity index is 893. The quantitative estimate of drug-likeness (QED) is 0.760. The second-order valence-electron chi connectivity index (χ2n) is 7.55. The minimum atomic E-state index is 0.121. The second-order valence-corrected chi connectivity index (χ2v) is 7.55. The van der Waals surface area contributed by atoms with E-state index in [9.17, 15) is 10.1 Å². The summed E-state index contributed by atoms with van der Waals surface area (Å²) in [5.74, 6) is 0.590. The first-order valence-corrected chi connectivity index (χ1v) is 9.92. The van der Waals surface area contributed by atoms with Crippen LogP contribution in [0.4, 0.5) is 17.2 Å². The highest BCUT2D eigenvalue weighted by atomic mass is 16.1. The van der Waals surface area contributed by atoms with Crippen LogP contribution < -0.4 is 20.4 Å². The van der Waals surface area contributed by atoms with E-state index in [-0.39, 0.29) is 6.04 Å². The van der Waals surface area contributed by atoms with E-state index >= 15 is 0 Å². The normalized spacial score (nSPS) is 16.6. The van der Waals surface area contributed by atoms with Crippen LogP contribution in [0.15, 0.2) is 36.5 Å². The summed E-state index contributed by atoms with van der Waals surface area (Å²) >= 11 is 0. The van der Waals surface area contributed by atoms with Crippen molar-refractivity contribution in [1.29, 1.82) is 5.26 Å². The predicted octanol–water partition coefficient (Wildman–Crippen LogP) is 2.50. The summed E-state index contributed by atoms with van der Waals surface area (Å²) < 4.78 is 0.